The second-order valence-electron chi connectivity index (χ2n) is 3.67. The molecule has 0 unspecified atom stereocenters. The fourth-order valence-electron chi connectivity index (χ4n) is 1.49. The smallest absolute Gasteiger partial charge is 0.380 e. The topological polar surface area (TPSA) is 30.5 Å². The fraction of sp³-hybridized carbons (Fsp3) is 0.500. The molecule has 0 aliphatic heterocycles. The van der Waals surface area contributed by atoms with E-state index in [1.165, 1.54) is 0 Å². The average Bonchev–Trinajstić information content (AvgIpc) is 2.29. The van der Waals surface area contributed by atoms with Gasteiger partial charge in [-0.25, -0.2) is 0 Å². The Kier molecular flexibility index (Phi) is 6.11. The predicted molar refractivity (Wildman–Crippen MR) is 60.9 cm³/mol. The van der Waals surface area contributed by atoms with E-state index in [4.69, 9.17) is 4.74 Å². The Morgan fingerprint density at radius 2 is 1.83 bits per heavy atom. The summed E-state index contributed by atoms with van der Waals surface area (Å²) in [5.41, 5.74) is 2.02. The van der Waals surface area contributed by atoms with Crippen LogP contribution in [0, 0.1) is 0 Å². The van der Waals surface area contributed by atoms with E-state index in [2.05, 4.69) is 10.1 Å². The van der Waals surface area contributed by atoms with E-state index in [0.29, 0.717) is 13.2 Å². The van der Waals surface area contributed by atoms with Crippen molar-refractivity contribution in [1.82, 2.24) is 5.32 Å². The van der Waals surface area contributed by atoms with Gasteiger partial charge in [-0.3, -0.25) is 4.74 Å². The minimum absolute atomic E-state index is 0.140. The number of ether oxygens (including phenoxy) is 2. The summed E-state index contributed by atoms with van der Waals surface area (Å²) >= 11 is 0. The van der Waals surface area contributed by atoms with Gasteiger partial charge in [-0.05, 0) is 11.1 Å². The Morgan fingerprint density at radius 3 is 2.44 bits per heavy atom. The van der Waals surface area contributed by atoms with Crippen LogP contribution in [0.25, 0.3) is 0 Å². The van der Waals surface area contributed by atoms with Crippen LogP contribution in [0.4, 0.5) is 13.2 Å². The maximum atomic E-state index is 11.7. The largest absolute Gasteiger partial charge is 0.522 e. The van der Waals surface area contributed by atoms with Crippen LogP contribution >= 0.6 is 0 Å². The number of methoxy groups -OCH3 is 1. The van der Waals surface area contributed by atoms with Gasteiger partial charge in [0.05, 0.1) is 13.2 Å². The maximum absolute atomic E-state index is 11.7. The molecule has 1 aromatic rings. The maximum Gasteiger partial charge on any atom is 0.522 e. The van der Waals surface area contributed by atoms with E-state index in [-0.39, 0.29) is 6.54 Å². The van der Waals surface area contributed by atoms with Crippen molar-refractivity contribution in [1.29, 1.82) is 0 Å². The molecule has 0 atom stereocenters. The lowest BCUT2D eigenvalue weighted by atomic mass is 10.1. The quantitative estimate of drug-likeness (QED) is 0.766. The number of hydrogen-bond acceptors (Lipinski definition) is 3. The Bertz CT molecular complexity index is 355. The highest BCUT2D eigenvalue weighted by Gasteiger charge is 2.28. The highest BCUT2D eigenvalue weighted by atomic mass is 19.4. The van der Waals surface area contributed by atoms with Crippen LogP contribution in [0.3, 0.4) is 0 Å². The van der Waals surface area contributed by atoms with E-state index in [0.717, 1.165) is 11.1 Å². The van der Waals surface area contributed by atoms with Gasteiger partial charge in [-0.15, -0.1) is 13.2 Å². The van der Waals surface area contributed by atoms with E-state index in [1.54, 1.807) is 7.11 Å². The van der Waals surface area contributed by atoms with Crippen LogP contribution in [-0.2, 0) is 22.6 Å². The summed E-state index contributed by atoms with van der Waals surface area (Å²) in [6, 6.07) is 7.60. The lowest BCUT2D eigenvalue weighted by molar-refractivity contribution is -0.323. The number of hydrogen-bond donors (Lipinski definition) is 1. The molecule has 1 rings (SSSR count). The van der Waals surface area contributed by atoms with Crippen LogP contribution in [0.5, 0.6) is 0 Å². The molecule has 3 nitrogen and oxygen atoms in total. The molecular formula is C12H16F3NO2. The van der Waals surface area contributed by atoms with E-state index in [1.807, 2.05) is 24.3 Å². The standard InChI is InChI=1S/C12H16F3NO2/c1-17-9-11-5-3-2-4-10(11)8-16-6-7-18-12(13,14)15/h2-5,16H,6-9H2,1H3. The molecule has 0 aliphatic rings. The summed E-state index contributed by atoms with van der Waals surface area (Å²) in [5.74, 6) is 0. The highest BCUT2D eigenvalue weighted by molar-refractivity contribution is 5.26. The summed E-state index contributed by atoms with van der Waals surface area (Å²) in [7, 11) is 1.60. The van der Waals surface area contributed by atoms with Crippen molar-refractivity contribution in [2.45, 2.75) is 19.5 Å². The van der Waals surface area contributed by atoms with Gasteiger partial charge in [-0.2, -0.15) is 0 Å². The molecule has 1 aromatic carbocycles. The molecule has 0 radical (unpaired) electrons. The third-order valence-corrected chi connectivity index (χ3v) is 2.28. The minimum atomic E-state index is -4.56. The first kappa shape index (κ1) is 14.9. The molecule has 0 bridgehead atoms. The monoisotopic (exact) mass is 263 g/mol. The molecule has 0 saturated heterocycles. The second-order valence-corrected chi connectivity index (χ2v) is 3.67. The number of benzene rings is 1. The summed E-state index contributed by atoms with van der Waals surface area (Å²) in [6.07, 6.45) is -4.56. The van der Waals surface area contributed by atoms with Gasteiger partial charge >= 0.3 is 6.36 Å². The Hall–Kier alpha value is -1.11. The van der Waals surface area contributed by atoms with Crippen molar-refractivity contribution in [3.63, 3.8) is 0 Å². The highest BCUT2D eigenvalue weighted by Crippen LogP contribution is 2.15. The zero-order chi connectivity index (χ0) is 13.4. The predicted octanol–water partition coefficient (Wildman–Crippen LogP) is 2.46. The third-order valence-electron chi connectivity index (χ3n) is 2.28. The lowest BCUT2D eigenvalue weighted by Crippen LogP contribution is -2.24. The zero-order valence-electron chi connectivity index (χ0n) is 10.1. The second kappa shape index (κ2) is 7.35. The van der Waals surface area contributed by atoms with Crippen molar-refractivity contribution >= 4 is 0 Å². The zero-order valence-corrected chi connectivity index (χ0v) is 10.1. The van der Waals surface area contributed by atoms with Gasteiger partial charge in [-0.1, -0.05) is 24.3 Å². The van der Waals surface area contributed by atoms with Crippen LogP contribution < -0.4 is 5.32 Å². The number of rotatable bonds is 7. The fourth-order valence-corrected chi connectivity index (χ4v) is 1.49. The third kappa shape index (κ3) is 6.00. The molecule has 0 aliphatic carbocycles. The van der Waals surface area contributed by atoms with Crippen LogP contribution in [0.1, 0.15) is 11.1 Å². The van der Waals surface area contributed by atoms with Gasteiger partial charge in [0.2, 0.25) is 0 Å². The van der Waals surface area contributed by atoms with Gasteiger partial charge in [0.25, 0.3) is 0 Å². The molecule has 0 fully saturated rings. The summed E-state index contributed by atoms with van der Waals surface area (Å²) in [6.45, 7) is 0.717. The molecule has 0 spiro atoms. The van der Waals surface area contributed by atoms with Crippen molar-refractivity contribution in [2.75, 3.05) is 20.3 Å². The lowest BCUT2D eigenvalue weighted by Gasteiger charge is -2.11. The van der Waals surface area contributed by atoms with Crippen LogP contribution in [-0.4, -0.2) is 26.6 Å². The molecular weight excluding hydrogens is 247 g/mol. The van der Waals surface area contributed by atoms with Crippen molar-refractivity contribution in [3.8, 4) is 0 Å². The molecule has 6 heteroatoms. The number of halogens is 3. The number of alkyl halides is 3. The molecule has 0 amide bonds. The van der Waals surface area contributed by atoms with E-state index in [9.17, 15) is 13.2 Å². The van der Waals surface area contributed by atoms with Gasteiger partial charge < -0.3 is 10.1 Å². The molecule has 1 N–H and O–H groups in total. The van der Waals surface area contributed by atoms with Gasteiger partial charge in [0.15, 0.2) is 0 Å². The Balaban J connectivity index is 2.31. The van der Waals surface area contributed by atoms with Gasteiger partial charge in [0.1, 0.15) is 0 Å². The molecule has 102 valence electrons. The summed E-state index contributed by atoms with van der Waals surface area (Å²) in [4.78, 5) is 0. The SMILES string of the molecule is COCc1ccccc1CNCCOC(F)(F)F. The Morgan fingerprint density at radius 1 is 1.17 bits per heavy atom. The number of nitrogens with one attached hydrogen (secondary N) is 1. The van der Waals surface area contributed by atoms with Crippen molar-refractivity contribution in [2.24, 2.45) is 0 Å². The van der Waals surface area contributed by atoms with Crippen LogP contribution in [0.15, 0.2) is 24.3 Å². The summed E-state index contributed by atoms with van der Waals surface area (Å²) in [5, 5.41) is 2.89. The average molecular weight is 263 g/mol. The first-order valence-electron chi connectivity index (χ1n) is 5.50. The normalized spacial score (nSPS) is 11.8. The van der Waals surface area contributed by atoms with Crippen molar-refractivity contribution < 1.29 is 22.6 Å². The van der Waals surface area contributed by atoms with E-state index >= 15 is 0 Å². The van der Waals surface area contributed by atoms with Gasteiger partial charge in [0, 0.05) is 20.2 Å². The first-order valence-corrected chi connectivity index (χ1v) is 5.50. The van der Waals surface area contributed by atoms with E-state index < -0.39 is 13.0 Å². The molecule has 0 aromatic heterocycles. The molecule has 0 heterocycles. The Labute approximate surface area is 104 Å². The molecule has 0 saturated carbocycles. The first-order chi connectivity index (χ1) is 8.53. The summed E-state index contributed by atoms with van der Waals surface area (Å²) < 4.78 is 43.8. The molecule has 18 heavy (non-hydrogen) atoms. The minimum Gasteiger partial charge on any atom is -0.380 e. The van der Waals surface area contributed by atoms with Crippen LogP contribution in [0.2, 0.25) is 0 Å². The van der Waals surface area contributed by atoms with Crippen molar-refractivity contribution in [3.05, 3.63) is 35.4 Å².